The van der Waals surface area contributed by atoms with Crippen LogP contribution in [0.1, 0.15) is 21.5 Å². The second kappa shape index (κ2) is 12.2. The number of hydrogen-bond acceptors (Lipinski definition) is 7. The Morgan fingerprint density at radius 3 is 2.21 bits per heavy atom. The van der Waals surface area contributed by atoms with Crippen molar-refractivity contribution in [1.82, 2.24) is 0 Å². The van der Waals surface area contributed by atoms with Gasteiger partial charge in [0, 0.05) is 0 Å². The maximum Gasteiger partial charge on any atom is 0.394 e. The molecule has 0 bridgehead atoms. The van der Waals surface area contributed by atoms with E-state index >= 15 is 0 Å². The average Bonchev–Trinajstić information content (AvgIpc) is 2.78. The summed E-state index contributed by atoms with van der Waals surface area (Å²) in [7, 11) is -3.07. The van der Waals surface area contributed by atoms with Crippen molar-refractivity contribution in [3.63, 3.8) is 0 Å². The van der Waals surface area contributed by atoms with Gasteiger partial charge in [-0.05, 0) is 53.6 Å². The van der Waals surface area contributed by atoms with Crippen LogP contribution in [0.5, 0.6) is 11.5 Å². The SMILES string of the molecule is COc1ccc(/C=N/Nc2ccc(C(=O)O)cc2)cc1OCc1ccccc1.O=S(=O)(O)O. The van der Waals surface area contributed by atoms with Gasteiger partial charge in [0.15, 0.2) is 11.5 Å². The summed E-state index contributed by atoms with van der Waals surface area (Å²) in [5, 5.41) is 13.1. The number of carbonyl (C=O) groups is 1. The van der Waals surface area contributed by atoms with E-state index in [0.717, 1.165) is 11.1 Å². The van der Waals surface area contributed by atoms with Crippen LogP contribution in [0.4, 0.5) is 5.69 Å². The fourth-order valence-electron chi connectivity index (χ4n) is 2.49. The number of aromatic carboxylic acids is 1. The molecule has 174 valence electrons. The molecule has 0 radical (unpaired) electrons. The highest BCUT2D eigenvalue weighted by Gasteiger charge is 2.06. The zero-order valence-corrected chi connectivity index (χ0v) is 18.3. The van der Waals surface area contributed by atoms with Gasteiger partial charge in [0.2, 0.25) is 0 Å². The molecule has 0 aliphatic carbocycles. The van der Waals surface area contributed by atoms with E-state index < -0.39 is 16.4 Å². The normalized spacial score (nSPS) is 10.8. The lowest BCUT2D eigenvalue weighted by atomic mass is 10.2. The van der Waals surface area contributed by atoms with Gasteiger partial charge >= 0.3 is 16.4 Å². The fourth-order valence-corrected chi connectivity index (χ4v) is 2.49. The third-order valence-electron chi connectivity index (χ3n) is 3.96. The van der Waals surface area contributed by atoms with Gasteiger partial charge in [-0.25, -0.2) is 4.79 Å². The molecule has 3 aromatic rings. The van der Waals surface area contributed by atoms with E-state index in [-0.39, 0.29) is 5.56 Å². The highest BCUT2D eigenvalue weighted by atomic mass is 32.3. The van der Waals surface area contributed by atoms with Crippen LogP contribution in [-0.2, 0) is 17.0 Å². The van der Waals surface area contributed by atoms with Crippen LogP contribution in [0.15, 0.2) is 77.9 Å². The van der Waals surface area contributed by atoms with E-state index in [0.29, 0.717) is 23.8 Å². The summed E-state index contributed by atoms with van der Waals surface area (Å²) in [6, 6.07) is 21.8. The van der Waals surface area contributed by atoms with Crippen LogP contribution >= 0.6 is 0 Å². The van der Waals surface area contributed by atoms with Gasteiger partial charge in [0.05, 0.1) is 24.6 Å². The molecule has 0 fully saturated rings. The molecule has 0 atom stereocenters. The second-order valence-corrected chi connectivity index (χ2v) is 7.28. The number of methoxy groups -OCH3 is 1. The summed E-state index contributed by atoms with van der Waals surface area (Å²) in [6.45, 7) is 0.436. The molecule has 33 heavy (non-hydrogen) atoms. The Morgan fingerprint density at radius 1 is 1.00 bits per heavy atom. The molecule has 0 spiro atoms. The molecule has 3 aromatic carbocycles. The average molecular weight is 474 g/mol. The number of rotatable bonds is 8. The monoisotopic (exact) mass is 474 g/mol. The van der Waals surface area contributed by atoms with Gasteiger partial charge in [-0.2, -0.15) is 13.5 Å². The lowest BCUT2D eigenvalue weighted by Gasteiger charge is -2.11. The summed E-state index contributed by atoms with van der Waals surface area (Å²) in [5.41, 5.74) is 5.68. The molecule has 11 heteroatoms. The standard InChI is InChI=1S/C22H20N2O4.H2O4S/c1-27-20-12-7-17(13-21(20)28-15-16-5-3-2-4-6-16)14-23-24-19-10-8-18(9-11-19)22(25)26;1-5(2,3)4/h2-14,24H,15H2,1H3,(H,25,26);(H2,1,2,3,4)/b23-14+;. The number of ether oxygens (including phenoxy) is 2. The number of hydrogen-bond donors (Lipinski definition) is 4. The van der Waals surface area contributed by atoms with Gasteiger partial charge in [-0.1, -0.05) is 30.3 Å². The zero-order valence-electron chi connectivity index (χ0n) is 17.5. The van der Waals surface area contributed by atoms with Gasteiger partial charge in [0.1, 0.15) is 6.61 Å². The summed E-state index contributed by atoms with van der Waals surface area (Å²) >= 11 is 0. The van der Waals surface area contributed by atoms with Crippen molar-refractivity contribution in [1.29, 1.82) is 0 Å². The van der Waals surface area contributed by atoms with Crippen molar-refractivity contribution in [2.45, 2.75) is 6.61 Å². The van der Waals surface area contributed by atoms with Crippen LogP contribution < -0.4 is 14.9 Å². The van der Waals surface area contributed by atoms with Crippen LogP contribution in [0.25, 0.3) is 0 Å². The molecule has 0 saturated heterocycles. The third kappa shape index (κ3) is 9.82. The maximum atomic E-state index is 10.9. The van der Waals surface area contributed by atoms with E-state index in [1.165, 1.54) is 12.1 Å². The molecule has 0 aromatic heterocycles. The number of carboxylic acids is 1. The lowest BCUT2D eigenvalue weighted by Crippen LogP contribution is -1.99. The molecule has 0 heterocycles. The Bertz CT molecular complexity index is 1170. The molecular formula is C22H22N2O8S. The minimum absolute atomic E-state index is 0.227. The molecule has 3 rings (SSSR count). The van der Waals surface area contributed by atoms with Crippen molar-refractivity contribution in [3.8, 4) is 11.5 Å². The van der Waals surface area contributed by atoms with Gasteiger partial charge in [-0.3, -0.25) is 14.5 Å². The van der Waals surface area contributed by atoms with Gasteiger partial charge in [0.25, 0.3) is 0 Å². The first-order valence-corrected chi connectivity index (χ1v) is 10.7. The van der Waals surface area contributed by atoms with E-state index in [2.05, 4.69) is 10.5 Å². The van der Waals surface area contributed by atoms with Gasteiger partial charge < -0.3 is 14.6 Å². The molecule has 0 amide bonds. The minimum atomic E-state index is -4.67. The summed E-state index contributed by atoms with van der Waals surface area (Å²) in [5.74, 6) is 0.308. The lowest BCUT2D eigenvalue weighted by molar-refractivity contribution is 0.0697. The fraction of sp³-hybridized carbons (Fsp3) is 0.0909. The first-order valence-electron chi connectivity index (χ1n) is 9.33. The number of nitrogens with one attached hydrogen (secondary N) is 1. The topological polar surface area (TPSA) is 155 Å². The van der Waals surface area contributed by atoms with E-state index in [1.54, 1.807) is 25.5 Å². The van der Waals surface area contributed by atoms with E-state index in [9.17, 15) is 4.79 Å². The van der Waals surface area contributed by atoms with Crippen molar-refractivity contribution in [2.24, 2.45) is 5.10 Å². The number of carboxylic acid groups (broad SMARTS) is 1. The van der Waals surface area contributed by atoms with Crippen LogP contribution in [0.3, 0.4) is 0 Å². The Balaban J connectivity index is 0.000000696. The molecule has 10 nitrogen and oxygen atoms in total. The Kier molecular flexibility index (Phi) is 9.36. The first kappa shape index (κ1) is 25.3. The predicted molar refractivity (Wildman–Crippen MR) is 123 cm³/mol. The minimum Gasteiger partial charge on any atom is -0.493 e. The van der Waals surface area contributed by atoms with E-state index in [1.807, 2.05) is 48.5 Å². The summed E-state index contributed by atoms with van der Waals surface area (Å²) in [6.07, 6.45) is 1.65. The zero-order chi connectivity index (χ0) is 24.3. The molecule has 0 aliphatic rings. The Hall–Kier alpha value is -3.93. The maximum absolute atomic E-state index is 10.9. The number of benzene rings is 3. The van der Waals surface area contributed by atoms with Crippen LogP contribution in [-0.4, -0.2) is 41.9 Å². The largest absolute Gasteiger partial charge is 0.493 e. The number of anilines is 1. The van der Waals surface area contributed by atoms with Crippen molar-refractivity contribution in [3.05, 3.63) is 89.5 Å². The quantitative estimate of drug-likeness (QED) is 0.217. The summed E-state index contributed by atoms with van der Waals surface area (Å²) < 4.78 is 42.8. The molecule has 4 N–H and O–H groups in total. The second-order valence-electron chi connectivity index (χ2n) is 6.38. The van der Waals surface area contributed by atoms with Crippen molar-refractivity contribution < 1.29 is 36.9 Å². The van der Waals surface area contributed by atoms with Crippen LogP contribution in [0.2, 0.25) is 0 Å². The van der Waals surface area contributed by atoms with E-state index in [4.69, 9.17) is 32.1 Å². The highest BCUT2D eigenvalue weighted by molar-refractivity contribution is 7.79. The van der Waals surface area contributed by atoms with Crippen molar-refractivity contribution >= 4 is 28.3 Å². The summed E-state index contributed by atoms with van der Waals surface area (Å²) in [4.78, 5) is 10.9. The molecule has 0 unspecified atom stereocenters. The molecule has 0 aliphatic heterocycles. The predicted octanol–water partition coefficient (Wildman–Crippen LogP) is 3.77. The molecule has 0 saturated carbocycles. The third-order valence-corrected chi connectivity index (χ3v) is 3.96. The van der Waals surface area contributed by atoms with Crippen molar-refractivity contribution in [2.75, 3.05) is 12.5 Å². The number of hydrazone groups is 1. The Labute approximate surface area is 190 Å². The smallest absolute Gasteiger partial charge is 0.394 e. The first-order chi connectivity index (χ1) is 15.7. The molecular weight excluding hydrogens is 452 g/mol. The highest BCUT2D eigenvalue weighted by Crippen LogP contribution is 2.28. The number of nitrogens with zero attached hydrogens (tertiary/aromatic N) is 1. The van der Waals surface area contributed by atoms with Gasteiger partial charge in [-0.15, -0.1) is 0 Å². The van der Waals surface area contributed by atoms with Crippen LogP contribution in [0, 0.1) is 0 Å². The Morgan fingerprint density at radius 2 is 1.64 bits per heavy atom.